The molecule has 2 rings (SSSR count). The zero-order chi connectivity index (χ0) is 13.1. The van der Waals surface area contributed by atoms with E-state index in [2.05, 4.69) is 61.6 Å². The van der Waals surface area contributed by atoms with Crippen molar-refractivity contribution in [3.8, 4) is 5.75 Å². The summed E-state index contributed by atoms with van der Waals surface area (Å²) in [5.74, 6) is 0.858. The van der Waals surface area contributed by atoms with E-state index in [1.54, 1.807) is 18.4 Å². The van der Waals surface area contributed by atoms with Crippen LogP contribution in [0.4, 0.5) is 5.69 Å². The maximum Gasteiger partial charge on any atom is 0.143 e. The number of halogens is 2. The second-order valence-electron chi connectivity index (χ2n) is 3.91. The van der Waals surface area contributed by atoms with Crippen LogP contribution in [0, 0.1) is 6.92 Å². The van der Waals surface area contributed by atoms with Crippen molar-refractivity contribution in [2.75, 3.05) is 12.4 Å². The topological polar surface area (TPSA) is 21.3 Å². The van der Waals surface area contributed by atoms with Gasteiger partial charge in [-0.3, -0.25) is 0 Å². The maximum atomic E-state index is 5.40. The summed E-state index contributed by atoms with van der Waals surface area (Å²) in [5.41, 5.74) is 3.47. The van der Waals surface area contributed by atoms with E-state index < -0.39 is 0 Å². The van der Waals surface area contributed by atoms with Gasteiger partial charge in [0, 0.05) is 11.0 Å². The molecule has 0 atom stereocenters. The number of hydrogen-bond acceptors (Lipinski definition) is 3. The molecule has 1 heterocycles. The molecule has 0 aliphatic heterocycles. The molecule has 1 N–H and O–H groups in total. The predicted octanol–water partition coefficient (Wildman–Crippen LogP) is 5.20. The summed E-state index contributed by atoms with van der Waals surface area (Å²) < 4.78 is 7.58. The highest BCUT2D eigenvalue weighted by Gasteiger charge is 2.08. The van der Waals surface area contributed by atoms with E-state index >= 15 is 0 Å². The van der Waals surface area contributed by atoms with Crippen LogP contribution in [0.25, 0.3) is 0 Å². The van der Waals surface area contributed by atoms with Gasteiger partial charge in [0.25, 0.3) is 0 Å². The molecule has 1 aromatic carbocycles. The van der Waals surface area contributed by atoms with E-state index in [1.807, 2.05) is 6.07 Å². The van der Waals surface area contributed by atoms with Gasteiger partial charge in [-0.25, -0.2) is 0 Å². The monoisotopic (exact) mass is 389 g/mol. The Morgan fingerprint density at radius 2 is 2.06 bits per heavy atom. The molecule has 5 heteroatoms. The van der Waals surface area contributed by atoms with Crippen molar-refractivity contribution in [3.63, 3.8) is 0 Å². The lowest BCUT2D eigenvalue weighted by Crippen LogP contribution is -2.02. The van der Waals surface area contributed by atoms with Crippen LogP contribution in [0.3, 0.4) is 0 Å². The summed E-state index contributed by atoms with van der Waals surface area (Å²) in [4.78, 5) is 0. The Morgan fingerprint density at radius 3 is 2.67 bits per heavy atom. The Hall–Kier alpha value is -0.520. The second-order valence-corrected chi connectivity index (χ2v) is 7.12. The van der Waals surface area contributed by atoms with Crippen molar-refractivity contribution in [1.82, 2.24) is 0 Å². The molecule has 0 bridgehead atoms. The number of ether oxygens (including phenoxy) is 1. The van der Waals surface area contributed by atoms with E-state index in [0.717, 1.165) is 31.8 Å². The Bertz CT molecular complexity index is 554. The minimum atomic E-state index is 0.793. The van der Waals surface area contributed by atoms with Gasteiger partial charge in [0.05, 0.1) is 16.6 Å². The Balaban J connectivity index is 2.18. The largest absolute Gasteiger partial charge is 0.495 e. The number of aryl methyl sites for hydroxylation is 1. The van der Waals surface area contributed by atoms with Crippen LogP contribution in [0.1, 0.15) is 11.1 Å². The van der Waals surface area contributed by atoms with Gasteiger partial charge in [-0.1, -0.05) is 15.9 Å². The summed E-state index contributed by atoms with van der Waals surface area (Å²) in [6.45, 7) is 2.86. The van der Waals surface area contributed by atoms with Gasteiger partial charge in [0.1, 0.15) is 5.75 Å². The first kappa shape index (κ1) is 13.9. The van der Waals surface area contributed by atoms with Crippen molar-refractivity contribution in [1.29, 1.82) is 0 Å². The van der Waals surface area contributed by atoms with Crippen LogP contribution in [-0.2, 0) is 6.54 Å². The van der Waals surface area contributed by atoms with E-state index in [4.69, 9.17) is 4.74 Å². The molecular weight excluding hydrogens is 378 g/mol. The SMILES string of the molecule is COc1cc(Br)cc(C)c1NCc1csc(Br)c1. The van der Waals surface area contributed by atoms with Crippen LogP contribution in [0.5, 0.6) is 5.75 Å². The van der Waals surface area contributed by atoms with Crippen molar-refractivity contribution < 1.29 is 4.74 Å². The molecule has 0 aliphatic carbocycles. The van der Waals surface area contributed by atoms with E-state index in [1.165, 1.54) is 5.56 Å². The smallest absolute Gasteiger partial charge is 0.143 e. The first-order chi connectivity index (χ1) is 8.60. The predicted molar refractivity (Wildman–Crippen MR) is 84.8 cm³/mol. The van der Waals surface area contributed by atoms with Crippen molar-refractivity contribution >= 4 is 48.9 Å². The third-order valence-electron chi connectivity index (χ3n) is 2.58. The lowest BCUT2D eigenvalue weighted by molar-refractivity contribution is 0.416. The Labute approximate surface area is 128 Å². The molecule has 0 radical (unpaired) electrons. The number of methoxy groups -OCH3 is 1. The molecule has 18 heavy (non-hydrogen) atoms. The minimum Gasteiger partial charge on any atom is -0.495 e. The summed E-state index contributed by atoms with van der Waals surface area (Å²) in [7, 11) is 1.69. The van der Waals surface area contributed by atoms with Gasteiger partial charge >= 0.3 is 0 Å². The fourth-order valence-corrected chi connectivity index (χ4v) is 3.49. The third kappa shape index (κ3) is 3.28. The number of benzene rings is 1. The number of anilines is 1. The summed E-state index contributed by atoms with van der Waals surface area (Å²) in [6.07, 6.45) is 0. The molecule has 2 nitrogen and oxygen atoms in total. The molecule has 0 aliphatic rings. The van der Waals surface area contributed by atoms with Crippen LogP contribution >= 0.6 is 43.2 Å². The summed E-state index contributed by atoms with van der Waals surface area (Å²) in [6, 6.07) is 6.17. The van der Waals surface area contributed by atoms with E-state index in [0.29, 0.717) is 0 Å². The lowest BCUT2D eigenvalue weighted by Gasteiger charge is -2.14. The van der Waals surface area contributed by atoms with Gasteiger partial charge < -0.3 is 10.1 Å². The summed E-state index contributed by atoms with van der Waals surface area (Å²) in [5, 5.41) is 5.57. The zero-order valence-corrected chi connectivity index (χ0v) is 14.1. The molecule has 0 unspecified atom stereocenters. The number of rotatable bonds is 4. The molecule has 2 aromatic rings. The van der Waals surface area contributed by atoms with E-state index in [-0.39, 0.29) is 0 Å². The molecular formula is C13H13Br2NOS. The molecule has 0 saturated carbocycles. The first-order valence-electron chi connectivity index (χ1n) is 5.41. The minimum absolute atomic E-state index is 0.793. The standard InChI is InChI=1S/C13H13Br2NOS/c1-8-3-10(14)5-11(17-2)13(8)16-6-9-4-12(15)18-7-9/h3-5,7,16H,6H2,1-2H3. The Kier molecular flexibility index (Phi) is 4.70. The average Bonchev–Trinajstić information content (AvgIpc) is 2.73. The zero-order valence-electron chi connectivity index (χ0n) is 10.1. The lowest BCUT2D eigenvalue weighted by atomic mass is 10.2. The molecule has 96 valence electrons. The number of nitrogens with one attached hydrogen (secondary N) is 1. The quantitative estimate of drug-likeness (QED) is 0.774. The van der Waals surface area contributed by atoms with Gasteiger partial charge in [0.15, 0.2) is 0 Å². The molecule has 1 aromatic heterocycles. The average molecular weight is 391 g/mol. The summed E-state index contributed by atoms with van der Waals surface area (Å²) >= 11 is 8.64. The van der Waals surface area contributed by atoms with Crippen LogP contribution in [-0.4, -0.2) is 7.11 Å². The fourth-order valence-electron chi connectivity index (χ4n) is 1.73. The van der Waals surface area contributed by atoms with Crippen LogP contribution in [0.15, 0.2) is 31.8 Å². The Morgan fingerprint density at radius 1 is 1.28 bits per heavy atom. The van der Waals surface area contributed by atoms with Gasteiger partial charge in [-0.05, 0) is 57.6 Å². The van der Waals surface area contributed by atoms with Crippen molar-refractivity contribution in [3.05, 3.63) is 43.0 Å². The molecule has 0 amide bonds. The third-order valence-corrected chi connectivity index (χ3v) is 4.59. The second kappa shape index (κ2) is 6.08. The highest BCUT2D eigenvalue weighted by Crippen LogP contribution is 2.32. The van der Waals surface area contributed by atoms with Gasteiger partial charge in [0.2, 0.25) is 0 Å². The maximum absolute atomic E-state index is 5.40. The fraction of sp³-hybridized carbons (Fsp3) is 0.231. The van der Waals surface area contributed by atoms with Crippen molar-refractivity contribution in [2.24, 2.45) is 0 Å². The highest BCUT2D eigenvalue weighted by molar-refractivity contribution is 9.11. The van der Waals surface area contributed by atoms with Gasteiger partial charge in [-0.2, -0.15) is 0 Å². The van der Waals surface area contributed by atoms with Gasteiger partial charge in [-0.15, -0.1) is 11.3 Å². The molecule has 0 spiro atoms. The molecule has 0 fully saturated rings. The number of thiophene rings is 1. The molecule has 0 saturated heterocycles. The normalized spacial score (nSPS) is 10.4. The highest BCUT2D eigenvalue weighted by atomic mass is 79.9. The van der Waals surface area contributed by atoms with Crippen molar-refractivity contribution in [2.45, 2.75) is 13.5 Å². The van der Waals surface area contributed by atoms with Crippen LogP contribution in [0.2, 0.25) is 0 Å². The van der Waals surface area contributed by atoms with E-state index in [9.17, 15) is 0 Å². The first-order valence-corrected chi connectivity index (χ1v) is 7.87. The number of hydrogen-bond donors (Lipinski definition) is 1. The van der Waals surface area contributed by atoms with Crippen LogP contribution < -0.4 is 10.1 Å².